The third-order valence-corrected chi connectivity index (χ3v) is 4.65. The molecular formula is C22H17F3N2. The zero-order valence-corrected chi connectivity index (χ0v) is 14.4. The number of hydrogen-bond donors (Lipinski definition) is 1. The summed E-state index contributed by atoms with van der Waals surface area (Å²) in [5.74, 6) is -0.430. The Morgan fingerprint density at radius 2 is 1.44 bits per heavy atom. The molecule has 0 amide bonds. The fourth-order valence-electron chi connectivity index (χ4n) is 3.38. The zero-order valence-electron chi connectivity index (χ0n) is 14.4. The SMILES string of the molecule is Fc1cccc([C@H]2NC(Cc3ccccc3F)=N[C@H]2c2cccc(F)c2)c1. The zero-order chi connectivity index (χ0) is 18.8. The molecule has 0 aliphatic carbocycles. The third kappa shape index (κ3) is 3.72. The van der Waals surface area contributed by atoms with Crippen LogP contribution in [0.3, 0.4) is 0 Å². The Labute approximate surface area is 155 Å². The second-order valence-electron chi connectivity index (χ2n) is 6.52. The van der Waals surface area contributed by atoms with Crippen LogP contribution in [0.2, 0.25) is 0 Å². The van der Waals surface area contributed by atoms with Gasteiger partial charge >= 0.3 is 0 Å². The maximum Gasteiger partial charge on any atom is 0.126 e. The van der Waals surface area contributed by atoms with Crippen LogP contribution < -0.4 is 5.32 Å². The number of amidine groups is 1. The molecule has 0 bridgehead atoms. The molecule has 1 aliphatic heterocycles. The molecule has 3 aromatic rings. The van der Waals surface area contributed by atoms with Crippen LogP contribution >= 0.6 is 0 Å². The predicted octanol–water partition coefficient (Wildman–Crippen LogP) is 5.13. The number of halogens is 3. The first-order valence-electron chi connectivity index (χ1n) is 8.68. The highest BCUT2D eigenvalue weighted by atomic mass is 19.1. The predicted molar refractivity (Wildman–Crippen MR) is 99.0 cm³/mol. The van der Waals surface area contributed by atoms with Gasteiger partial charge in [-0.1, -0.05) is 42.5 Å². The normalized spacial score (nSPS) is 18.9. The van der Waals surface area contributed by atoms with Gasteiger partial charge in [-0.2, -0.15) is 0 Å². The van der Waals surface area contributed by atoms with Crippen molar-refractivity contribution in [2.24, 2.45) is 4.99 Å². The lowest BCUT2D eigenvalue weighted by atomic mass is 9.95. The second kappa shape index (κ2) is 7.27. The number of benzene rings is 3. The topological polar surface area (TPSA) is 24.4 Å². The lowest BCUT2D eigenvalue weighted by Gasteiger charge is -2.20. The number of aliphatic imine (C=N–C) groups is 1. The van der Waals surface area contributed by atoms with Crippen LogP contribution in [0.4, 0.5) is 13.2 Å². The Bertz CT molecular complexity index is 1000. The van der Waals surface area contributed by atoms with Crippen molar-refractivity contribution >= 4 is 5.84 Å². The van der Waals surface area contributed by atoms with Gasteiger partial charge in [0, 0.05) is 6.42 Å². The summed E-state index contributed by atoms with van der Waals surface area (Å²) in [6.45, 7) is 0. The van der Waals surface area contributed by atoms with Crippen LogP contribution in [-0.4, -0.2) is 5.84 Å². The second-order valence-corrected chi connectivity index (χ2v) is 6.52. The minimum atomic E-state index is -0.427. The molecule has 0 radical (unpaired) electrons. The molecule has 0 unspecified atom stereocenters. The Kier molecular flexibility index (Phi) is 4.67. The van der Waals surface area contributed by atoms with E-state index in [4.69, 9.17) is 0 Å². The summed E-state index contributed by atoms with van der Waals surface area (Å²) in [6, 6.07) is 18.2. The van der Waals surface area contributed by atoms with Crippen LogP contribution in [0, 0.1) is 17.5 Å². The van der Waals surface area contributed by atoms with Crippen LogP contribution in [0.25, 0.3) is 0 Å². The van der Waals surface area contributed by atoms with E-state index in [0.717, 1.165) is 0 Å². The lowest BCUT2D eigenvalue weighted by molar-refractivity contribution is 0.555. The molecule has 1 N–H and O–H groups in total. The van der Waals surface area contributed by atoms with E-state index < -0.39 is 6.04 Å². The third-order valence-electron chi connectivity index (χ3n) is 4.65. The first-order valence-corrected chi connectivity index (χ1v) is 8.68. The number of rotatable bonds is 4. The largest absolute Gasteiger partial charge is 0.364 e. The Hall–Kier alpha value is -3.08. The Morgan fingerprint density at radius 3 is 2.15 bits per heavy atom. The molecule has 4 rings (SSSR count). The molecule has 2 nitrogen and oxygen atoms in total. The van der Waals surface area contributed by atoms with E-state index in [-0.39, 0.29) is 29.9 Å². The Morgan fingerprint density at radius 1 is 0.778 bits per heavy atom. The maximum absolute atomic E-state index is 14.0. The molecule has 0 saturated heterocycles. The van der Waals surface area contributed by atoms with Gasteiger partial charge in [0.15, 0.2) is 0 Å². The first kappa shape index (κ1) is 17.3. The molecule has 0 fully saturated rings. The highest BCUT2D eigenvalue weighted by Crippen LogP contribution is 2.37. The molecule has 0 saturated carbocycles. The smallest absolute Gasteiger partial charge is 0.126 e. The van der Waals surface area contributed by atoms with E-state index in [0.29, 0.717) is 22.5 Å². The fourth-order valence-corrected chi connectivity index (χ4v) is 3.38. The number of nitrogens with zero attached hydrogens (tertiary/aromatic N) is 1. The van der Waals surface area contributed by atoms with Gasteiger partial charge in [0.25, 0.3) is 0 Å². The molecule has 0 spiro atoms. The summed E-state index contributed by atoms with van der Waals surface area (Å²) in [5.41, 5.74) is 1.90. The van der Waals surface area contributed by atoms with Gasteiger partial charge in [-0.05, 0) is 47.0 Å². The molecule has 5 heteroatoms. The molecule has 1 heterocycles. The highest BCUT2D eigenvalue weighted by Gasteiger charge is 2.31. The minimum absolute atomic E-state index is 0.282. The highest BCUT2D eigenvalue weighted by molar-refractivity contribution is 5.87. The average molecular weight is 366 g/mol. The standard InChI is InChI=1S/C22H17F3N2/c23-17-8-3-6-15(11-17)21-22(16-7-4-9-18(24)12-16)27-20(26-21)13-14-5-1-2-10-19(14)25/h1-12,21-22H,13H2,(H,26,27)/t21-,22+. The van der Waals surface area contributed by atoms with Crippen LogP contribution in [0.15, 0.2) is 77.8 Å². The van der Waals surface area contributed by atoms with Crippen LogP contribution in [0.1, 0.15) is 28.8 Å². The minimum Gasteiger partial charge on any atom is -0.364 e. The van der Waals surface area contributed by atoms with Crippen molar-refractivity contribution in [1.82, 2.24) is 5.32 Å². The molecule has 27 heavy (non-hydrogen) atoms. The van der Waals surface area contributed by atoms with E-state index in [1.165, 1.54) is 30.3 Å². The van der Waals surface area contributed by atoms with Gasteiger partial charge in [0.05, 0.1) is 6.04 Å². The summed E-state index contributed by atoms with van der Waals surface area (Å²) in [5, 5.41) is 3.27. The molecule has 1 aliphatic rings. The van der Waals surface area contributed by atoms with Gasteiger partial charge in [-0.3, -0.25) is 4.99 Å². The molecule has 0 aromatic heterocycles. The van der Waals surface area contributed by atoms with Gasteiger partial charge in [0.1, 0.15) is 29.3 Å². The summed E-state index contributed by atoms with van der Waals surface area (Å²) >= 11 is 0. The number of nitrogens with one attached hydrogen (secondary N) is 1. The molecule has 3 aromatic carbocycles. The molecule has 2 atom stereocenters. The fraction of sp³-hybridized carbons (Fsp3) is 0.136. The monoisotopic (exact) mass is 366 g/mol. The van der Waals surface area contributed by atoms with Crippen LogP contribution in [-0.2, 0) is 6.42 Å². The van der Waals surface area contributed by atoms with Crippen molar-refractivity contribution in [1.29, 1.82) is 0 Å². The van der Waals surface area contributed by atoms with Gasteiger partial charge < -0.3 is 5.32 Å². The van der Waals surface area contributed by atoms with Gasteiger partial charge in [0.2, 0.25) is 0 Å². The summed E-state index contributed by atoms with van der Waals surface area (Å²) in [4.78, 5) is 4.67. The summed E-state index contributed by atoms with van der Waals surface area (Å²) in [6.07, 6.45) is 0.282. The van der Waals surface area contributed by atoms with Crippen molar-refractivity contribution in [3.63, 3.8) is 0 Å². The van der Waals surface area contributed by atoms with Gasteiger partial charge in [-0.15, -0.1) is 0 Å². The van der Waals surface area contributed by atoms with E-state index in [1.54, 1.807) is 42.5 Å². The first-order chi connectivity index (χ1) is 13.1. The van der Waals surface area contributed by atoms with E-state index in [1.807, 2.05) is 0 Å². The quantitative estimate of drug-likeness (QED) is 0.680. The Balaban J connectivity index is 1.70. The average Bonchev–Trinajstić information content (AvgIpc) is 3.08. The lowest BCUT2D eigenvalue weighted by Crippen LogP contribution is -2.26. The molecule has 136 valence electrons. The maximum atomic E-state index is 14.0. The summed E-state index contributed by atoms with van der Waals surface area (Å²) < 4.78 is 41.5. The van der Waals surface area contributed by atoms with E-state index >= 15 is 0 Å². The van der Waals surface area contributed by atoms with E-state index in [2.05, 4.69) is 10.3 Å². The van der Waals surface area contributed by atoms with Crippen molar-refractivity contribution in [3.05, 3.63) is 107 Å². The van der Waals surface area contributed by atoms with Crippen molar-refractivity contribution < 1.29 is 13.2 Å². The number of hydrogen-bond acceptors (Lipinski definition) is 2. The van der Waals surface area contributed by atoms with E-state index in [9.17, 15) is 13.2 Å². The molecular weight excluding hydrogens is 349 g/mol. The summed E-state index contributed by atoms with van der Waals surface area (Å²) in [7, 11) is 0. The van der Waals surface area contributed by atoms with Crippen LogP contribution in [0.5, 0.6) is 0 Å². The van der Waals surface area contributed by atoms with Crippen molar-refractivity contribution in [2.75, 3.05) is 0 Å². The van der Waals surface area contributed by atoms with Crippen molar-refractivity contribution in [2.45, 2.75) is 18.5 Å². The van der Waals surface area contributed by atoms with Gasteiger partial charge in [-0.25, -0.2) is 13.2 Å². The van der Waals surface area contributed by atoms with Crippen molar-refractivity contribution in [3.8, 4) is 0 Å².